The van der Waals surface area contributed by atoms with Crippen LogP contribution in [0.2, 0.25) is 10.0 Å². The molecule has 5 heteroatoms. The highest BCUT2D eigenvalue weighted by molar-refractivity contribution is 7.11. The molecule has 1 heterocycles. The van der Waals surface area contributed by atoms with Gasteiger partial charge in [-0.15, -0.1) is 11.3 Å². The van der Waals surface area contributed by atoms with Crippen LogP contribution in [0.5, 0.6) is 0 Å². The Morgan fingerprint density at radius 2 is 2.05 bits per heavy atom. The zero-order valence-electron chi connectivity index (χ0n) is 11.8. The third-order valence-corrected chi connectivity index (χ3v) is 5.20. The highest BCUT2D eigenvalue weighted by Crippen LogP contribution is 2.28. The van der Waals surface area contributed by atoms with Gasteiger partial charge in [-0.2, -0.15) is 0 Å². The summed E-state index contributed by atoms with van der Waals surface area (Å²) in [6, 6.07) is 6.09. The summed E-state index contributed by atoms with van der Waals surface area (Å²) in [5.41, 5.74) is 2.24. The van der Waals surface area contributed by atoms with E-state index in [0.717, 1.165) is 29.2 Å². The fourth-order valence-electron chi connectivity index (χ4n) is 2.17. The Kier molecular flexibility index (Phi) is 5.44. The summed E-state index contributed by atoms with van der Waals surface area (Å²) in [5, 5.41) is 5.73. The van der Waals surface area contributed by atoms with E-state index in [0.29, 0.717) is 16.1 Å². The maximum Gasteiger partial charge on any atom is 0.0975 e. The van der Waals surface area contributed by atoms with Crippen LogP contribution < -0.4 is 5.32 Å². The van der Waals surface area contributed by atoms with Gasteiger partial charge in [-0.1, -0.05) is 36.2 Å². The van der Waals surface area contributed by atoms with Crippen LogP contribution in [0.1, 0.15) is 41.0 Å². The fourth-order valence-corrected chi connectivity index (χ4v) is 3.62. The summed E-state index contributed by atoms with van der Waals surface area (Å²) in [4.78, 5) is 5.97. The smallest absolute Gasteiger partial charge is 0.0975 e. The Morgan fingerprint density at radius 1 is 1.30 bits per heavy atom. The first-order chi connectivity index (χ1) is 9.51. The maximum atomic E-state index is 6.05. The molecule has 0 aliphatic rings. The first kappa shape index (κ1) is 15.8. The van der Waals surface area contributed by atoms with Crippen molar-refractivity contribution >= 4 is 34.5 Å². The monoisotopic (exact) mass is 328 g/mol. The minimum atomic E-state index is 0.347. The Balaban J connectivity index is 2.17. The molecule has 0 aliphatic carbocycles. The molecule has 0 saturated carbocycles. The number of thiazole rings is 1. The van der Waals surface area contributed by atoms with Gasteiger partial charge in [0, 0.05) is 17.3 Å². The van der Waals surface area contributed by atoms with Crippen LogP contribution in [-0.2, 0) is 6.42 Å². The third-order valence-electron chi connectivity index (χ3n) is 3.12. The number of hydrogen-bond donors (Lipinski definition) is 1. The molecule has 20 heavy (non-hydrogen) atoms. The molecule has 0 spiro atoms. The topological polar surface area (TPSA) is 24.9 Å². The van der Waals surface area contributed by atoms with E-state index in [4.69, 9.17) is 23.2 Å². The first-order valence-corrected chi connectivity index (χ1v) is 8.22. The largest absolute Gasteiger partial charge is 0.310 e. The van der Waals surface area contributed by atoms with Crippen LogP contribution in [0.3, 0.4) is 0 Å². The van der Waals surface area contributed by atoms with Gasteiger partial charge in [0.15, 0.2) is 0 Å². The van der Waals surface area contributed by atoms with Crippen molar-refractivity contribution in [1.82, 2.24) is 10.3 Å². The minimum absolute atomic E-state index is 0.347. The van der Waals surface area contributed by atoms with Gasteiger partial charge in [0.05, 0.1) is 20.7 Å². The first-order valence-electron chi connectivity index (χ1n) is 6.64. The Bertz CT molecular complexity index is 596. The number of nitrogens with one attached hydrogen (secondary N) is 1. The summed E-state index contributed by atoms with van der Waals surface area (Å²) in [5.74, 6) is 0. The van der Waals surface area contributed by atoms with E-state index in [1.807, 2.05) is 18.2 Å². The molecule has 1 N–H and O–H groups in total. The SMILES string of the molecule is CCNC(C)c1sc(Cc2ccc(Cl)c(Cl)c2)nc1C. The van der Waals surface area contributed by atoms with E-state index in [-0.39, 0.29) is 0 Å². The molecule has 1 aromatic heterocycles. The average Bonchev–Trinajstić information content (AvgIpc) is 2.75. The molecular formula is C15H18Cl2N2S. The van der Waals surface area contributed by atoms with E-state index in [1.54, 1.807) is 11.3 Å². The standard InChI is InChI=1S/C15H18Cl2N2S/c1-4-18-9(2)15-10(3)19-14(20-15)8-11-5-6-12(16)13(17)7-11/h5-7,9,18H,4,8H2,1-3H3. The van der Waals surface area contributed by atoms with Crippen LogP contribution in [0.25, 0.3) is 0 Å². The van der Waals surface area contributed by atoms with E-state index in [2.05, 4.69) is 31.1 Å². The molecule has 0 aliphatic heterocycles. The van der Waals surface area contributed by atoms with E-state index in [9.17, 15) is 0 Å². The Hall–Kier alpha value is -0.610. The van der Waals surface area contributed by atoms with Crippen molar-refractivity contribution < 1.29 is 0 Å². The molecule has 0 saturated heterocycles. The normalized spacial score (nSPS) is 12.7. The molecule has 0 fully saturated rings. The number of benzene rings is 1. The van der Waals surface area contributed by atoms with Gasteiger partial charge in [0.2, 0.25) is 0 Å². The number of hydrogen-bond acceptors (Lipinski definition) is 3. The number of nitrogens with zero attached hydrogens (tertiary/aromatic N) is 1. The van der Waals surface area contributed by atoms with E-state index in [1.165, 1.54) is 4.88 Å². The van der Waals surface area contributed by atoms with Gasteiger partial charge in [-0.3, -0.25) is 0 Å². The van der Waals surface area contributed by atoms with E-state index < -0.39 is 0 Å². The van der Waals surface area contributed by atoms with Gasteiger partial charge in [0.1, 0.15) is 0 Å². The van der Waals surface area contributed by atoms with Crippen molar-refractivity contribution in [2.75, 3.05) is 6.54 Å². The molecule has 108 valence electrons. The second-order valence-electron chi connectivity index (χ2n) is 4.76. The van der Waals surface area contributed by atoms with Gasteiger partial charge in [0.25, 0.3) is 0 Å². The van der Waals surface area contributed by atoms with Crippen molar-refractivity contribution in [2.45, 2.75) is 33.2 Å². The molecule has 1 atom stereocenters. The average molecular weight is 329 g/mol. The predicted octanol–water partition coefficient (Wildman–Crippen LogP) is 5.02. The number of halogens is 2. The fraction of sp³-hybridized carbons (Fsp3) is 0.400. The molecule has 0 bridgehead atoms. The quantitative estimate of drug-likeness (QED) is 0.833. The maximum absolute atomic E-state index is 6.05. The summed E-state index contributed by atoms with van der Waals surface area (Å²) in [6.07, 6.45) is 0.793. The third kappa shape index (κ3) is 3.73. The lowest BCUT2D eigenvalue weighted by atomic mass is 10.1. The highest BCUT2D eigenvalue weighted by Gasteiger charge is 2.14. The second kappa shape index (κ2) is 6.90. The molecular weight excluding hydrogens is 311 g/mol. The van der Waals surface area contributed by atoms with Crippen LogP contribution in [0.15, 0.2) is 18.2 Å². The number of rotatable bonds is 5. The lowest BCUT2D eigenvalue weighted by Crippen LogP contribution is -2.17. The highest BCUT2D eigenvalue weighted by atomic mass is 35.5. The molecule has 0 amide bonds. The van der Waals surface area contributed by atoms with Crippen LogP contribution in [-0.4, -0.2) is 11.5 Å². The lowest BCUT2D eigenvalue weighted by molar-refractivity contribution is 0.603. The minimum Gasteiger partial charge on any atom is -0.310 e. The number of aromatic nitrogens is 1. The van der Waals surface area contributed by atoms with Crippen LogP contribution in [0.4, 0.5) is 0 Å². The van der Waals surface area contributed by atoms with Crippen molar-refractivity contribution in [3.63, 3.8) is 0 Å². The van der Waals surface area contributed by atoms with Crippen molar-refractivity contribution in [3.8, 4) is 0 Å². The summed E-state index contributed by atoms with van der Waals surface area (Å²) >= 11 is 13.7. The summed E-state index contributed by atoms with van der Waals surface area (Å²) in [7, 11) is 0. The predicted molar refractivity (Wildman–Crippen MR) is 88.2 cm³/mol. The Morgan fingerprint density at radius 3 is 2.70 bits per heavy atom. The molecule has 2 rings (SSSR count). The van der Waals surface area contributed by atoms with Crippen molar-refractivity contribution in [1.29, 1.82) is 0 Å². The van der Waals surface area contributed by atoms with Crippen LogP contribution >= 0.6 is 34.5 Å². The van der Waals surface area contributed by atoms with Crippen molar-refractivity contribution in [3.05, 3.63) is 49.4 Å². The number of aryl methyl sites for hydroxylation is 1. The van der Waals surface area contributed by atoms with Gasteiger partial charge >= 0.3 is 0 Å². The molecule has 1 aromatic carbocycles. The Labute approximate surface area is 134 Å². The summed E-state index contributed by atoms with van der Waals surface area (Å²) in [6.45, 7) is 7.31. The van der Waals surface area contributed by atoms with Crippen molar-refractivity contribution in [2.24, 2.45) is 0 Å². The zero-order valence-corrected chi connectivity index (χ0v) is 14.2. The van der Waals surface area contributed by atoms with Crippen LogP contribution in [0, 0.1) is 6.92 Å². The molecule has 2 nitrogen and oxygen atoms in total. The molecule has 0 radical (unpaired) electrons. The second-order valence-corrected chi connectivity index (χ2v) is 6.69. The zero-order chi connectivity index (χ0) is 14.7. The molecule has 2 aromatic rings. The lowest BCUT2D eigenvalue weighted by Gasteiger charge is -2.09. The van der Waals surface area contributed by atoms with Gasteiger partial charge in [-0.25, -0.2) is 4.98 Å². The van der Waals surface area contributed by atoms with Gasteiger partial charge < -0.3 is 5.32 Å². The molecule has 1 unspecified atom stereocenters. The summed E-state index contributed by atoms with van der Waals surface area (Å²) < 4.78 is 0. The van der Waals surface area contributed by atoms with E-state index >= 15 is 0 Å². The van der Waals surface area contributed by atoms with Gasteiger partial charge in [-0.05, 0) is 38.1 Å².